The molecule has 0 radical (unpaired) electrons. The van der Waals surface area contributed by atoms with Crippen molar-refractivity contribution in [2.75, 3.05) is 11.9 Å². The second kappa shape index (κ2) is 8.76. The summed E-state index contributed by atoms with van der Waals surface area (Å²) in [6.07, 6.45) is 4.24. The molecule has 128 valence electrons. The monoisotopic (exact) mass is 328 g/mol. The molecular formula is C18H24N4O2. The molecule has 0 unspecified atom stereocenters. The fourth-order valence-corrected chi connectivity index (χ4v) is 2.26. The zero-order valence-electron chi connectivity index (χ0n) is 14.1. The number of nitrogens with one attached hydrogen (secondary N) is 3. The van der Waals surface area contributed by atoms with Crippen LogP contribution < -0.4 is 16.0 Å². The van der Waals surface area contributed by atoms with Crippen LogP contribution in [0, 0.1) is 0 Å². The van der Waals surface area contributed by atoms with Crippen LogP contribution in [0.2, 0.25) is 0 Å². The van der Waals surface area contributed by atoms with Gasteiger partial charge in [-0.25, -0.2) is 4.79 Å². The summed E-state index contributed by atoms with van der Waals surface area (Å²) < 4.78 is 2.00. The van der Waals surface area contributed by atoms with E-state index in [2.05, 4.69) is 16.0 Å². The van der Waals surface area contributed by atoms with Gasteiger partial charge in [-0.15, -0.1) is 0 Å². The first kappa shape index (κ1) is 17.6. The summed E-state index contributed by atoms with van der Waals surface area (Å²) in [5.74, 6) is -0.00605. The Hall–Kier alpha value is -2.76. The van der Waals surface area contributed by atoms with E-state index in [4.69, 9.17) is 0 Å². The van der Waals surface area contributed by atoms with Crippen LogP contribution in [0.3, 0.4) is 0 Å². The normalized spacial score (nSPS) is 10.5. The van der Waals surface area contributed by atoms with E-state index in [9.17, 15) is 9.59 Å². The summed E-state index contributed by atoms with van der Waals surface area (Å²) in [7, 11) is 0. The average molecular weight is 328 g/mol. The number of hydrogen-bond acceptors (Lipinski definition) is 2. The quantitative estimate of drug-likeness (QED) is 0.730. The molecule has 0 saturated carbocycles. The fraction of sp³-hybridized carbons (Fsp3) is 0.333. The summed E-state index contributed by atoms with van der Waals surface area (Å²) in [4.78, 5) is 23.5. The third-order valence-electron chi connectivity index (χ3n) is 3.35. The van der Waals surface area contributed by atoms with Gasteiger partial charge in [-0.05, 0) is 43.7 Å². The first-order valence-corrected chi connectivity index (χ1v) is 8.07. The van der Waals surface area contributed by atoms with Crippen molar-refractivity contribution in [1.29, 1.82) is 0 Å². The number of urea groups is 1. The molecule has 2 aromatic rings. The molecule has 1 aromatic carbocycles. The molecule has 3 amide bonds. The van der Waals surface area contributed by atoms with Crippen LogP contribution in [-0.2, 0) is 17.8 Å². The first-order valence-electron chi connectivity index (χ1n) is 8.07. The SMILES string of the molecule is CC(C)NC(=O)Cc1ccc(NC(=O)NCCn2cccc2)cc1. The Morgan fingerprint density at radius 2 is 1.75 bits per heavy atom. The van der Waals surface area contributed by atoms with Gasteiger partial charge in [-0.2, -0.15) is 0 Å². The Morgan fingerprint density at radius 1 is 1.08 bits per heavy atom. The van der Waals surface area contributed by atoms with E-state index in [1.807, 2.05) is 55.1 Å². The number of anilines is 1. The Balaban J connectivity index is 1.74. The lowest BCUT2D eigenvalue weighted by atomic mass is 10.1. The number of hydrogen-bond donors (Lipinski definition) is 3. The van der Waals surface area contributed by atoms with Crippen LogP contribution >= 0.6 is 0 Å². The summed E-state index contributed by atoms with van der Waals surface area (Å²) in [5.41, 5.74) is 1.60. The molecule has 6 heteroatoms. The number of aromatic nitrogens is 1. The molecule has 6 nitrogen and oxygen atoms in total. The number of rotatable bonds is 7. The molecule has 1 aromatic heterocycles. The predicted molar refractivity (Wildman–Crippen MR) is 94.9 cm³/mol. The summed E-state index contributed by atoms with van der Waals surface area (Å²) in [5, 5.41) is 8.43. The molecule has 0 bridgehead atoms. The van der Waals surface area contributed by atoms with Crippen LogP contribution in [0.4, 0.5) is 10.5 Å². The average Bonchev–Trinajstić information content (AvgIpc) is 3.01. The standard InChI is InChI=1S/C18H24N4O2/c1-14(2)20-17(23)13-15-5-7-16(8-6-15)21-18(24)19-9-12-22-10-3-4-11-22/h3-8,10-11,14H,9,12-13H2,1-2H3,(H,20,23)(H2,19,21,24). The Bertz CT molecular complexity index is 648. The minimum atomic E-state index is -0.243. The number of benzene rings is 1. The van der Waals surface area contributed by atoms with Crippen molar-refractivity contribution in [2.45, 2.75) is 32.9 Å². The van der Waals surface area contributed by atoms with Crippen LogP contribution in [0.25, 0.3) is 0 Å². The van der Waals surface area contributed by atoms with Crippen LogP contribution in [0.15, 0.2) is 48.8 Å². The lowest BCUT2D eigenvalue weighted by molar-refractivity contribution is -0.120. The number of carbonyl (C=O) groups is 2. The highest BCUT2D eigenvalue weighted by Gasteiger charge is 2.06. The van der Waals surface area contributed by atoms with Gasteiger partial charge in [0, 0.05) is 37.2 Å². The molecule has 2 rings (SSSR count). The lowest BCUT2D eigenvalue weighted by Gasteiger charge is -2.10. The van der Waals surface area contributed by atoms with Crippen molar-refractivity contribution < 1.29 is 9.59 Å². The van der Waals surface area contributed by atoms with Crippen LogP contribution in [0.5, 0.6) is 0 Å². The maximum atomic E-state index is 11.8. The third-order valence-corrected chi connectivity index (χ3v) is 3.35. The fourth-order valence-electron chi connectivity index (χ4n) is 2.26. The molecule has 0 aliphatic rings. The number of carbonyl (C=O) groups excluding carboxylic acids is 2. The minimum absolute atomic E-state index is 0.00605. The lowest BCUT2D eigenvalue weighted by Crippen LogP contribution is -2.31. The Kier molecular flexibility index (Phi) is 6.42. The largest absolute Gasteiger partial charge is 0.354 e. The smallest absolute Gasteiger partial charge is 0.319 e. The molecule has 24 heavy (non-hydrogen) atoms. The van der Waals surface area contributed by atoms with Crippen molar-refractivity contribution in [1.82, 2.24) is 15.2 Å². The van der Waals surface area contributed by atoms with Crippen LogP contribution in [0.1, 0.15) is 19.4 Å². The first-order chi connectivity index (χ1) is 11.5. The van der Waals surface area contributed by atoms with Gasteiger partial charge < -0.3 is 20.5 Å². The summed E-state index contributed by atoms with van der Waals surface area (Å²) >= 11 is 0. The highest BCUT2D eigenvalue weighted by Crippen LogP contribution is 2.10. The van der Waals surface area contributed by atoms with Crippen molar-refractivity contribution in [3.63, 3.8) is 0 Å². The van der Waals surface area contributed by atoms with Gasteiger partial charge in [-0.1, -0.05) is 12.1 Å². The predicted octanol–water partition coefficient (Wildman–Crippen LogP) is 2.38. The van der Waals surface area contributed by atoms with Gasteiger partial charge in [-0.3, -0.25) is 4.79 Å². The summed E-state index contributed by atoms with van der Waals surface area (Å²) in [6.45, 7) is 5.14. The van der Waals surface area contributed by atoms with E-state index in [1.54, 1.807) is 12.1 Å². The molecule has 0 atom stereocenters. The zero-order valence-corrected chi connectivity index (χ0v) is 14.1. The van der Waals surface area contributed by atoms with E-state index < -0.39 is 0 Å². The zero-order chi connectivity index (χ0) is 17.4. The number of amides is 3. The molecule has 0 fully saturated rings. The van der Waals surface area contributed by atoms with E-state index in [1.165, 1.54) is 0 Å². The van der Waals surface area contributed by atoms with Crippen molar-refractivity contribution >= 4 is 17.6 Å². The molecule has 1 heterocycles. The van der Waals surface area contributed by atoms with Gasteiger partial charge in [0.2, 0.25) is 5.91 Å². The van der Waals surface area contributed by atoms with E-state index in [-0.39, 0.29) is 18.0 Å². The van der Waals surface area contributed by atoms with Gasteiger partial charge >= 0.3 is 6.03 Å². The minimum Gasteiger partial charge on any atom is -0.354 e. The maximum absolute atomic E-state index is 11.8. The Morgan fingerprint density at radius 3 is 2.38 bits per heavy atom. The molecule has 0 spiro atoms. The molecule has 0 saturated heterocycles. The second-order valence-corrected chi connectivity index (χ2v) is 5.90. The van der Waals surface area contributed by atoms with Gasteiger partial charge in [0.15, 0.2) is 0 Å². The van der Waals surface area contributed by atoms with Crippen molar-refractivity contribution in [2.24, 2.45) is 0 Å². The number of nitrogens with zero attached hydrogens (tertiary/aromatic N) is 1. The molecule has 0 aliphatic heterocycles. The maximum Gasteiger partial charge on any atom is 0.319 e. The Labute approximate surface area is 142 Å². The van der Waals surface area contributed by atoms with E-state index >= 15 is 0 Å². The highest BCUT2D eigenvalue weighted by atomic mass is 16.2. The second-order valence-electron chi connectivity index (χ2n) is 5.90. The van der Waals surface area contributed by atoms with Crippen molar-refractivity contribution in [3.05, 3.63) is 54.4 Å². The highest BCUT2D eigenvalue weighted by molar-refractivity contribution is 5.89. The van der Waals surface area contributed by atoms with Gasteiger partial charge in [0.05, 0.1) is 6.42 Å². The van der Waals surface area contributed by atoms with Crippen LogP contribution in [-0.4, -0.2) is 29.1 Å². The van der Waals surface area contributed by atoms with E-state index in [0.29, 0.717) is 18.7 Å². The van der Waals surface area contributed by atoms with E-state index in [0.717, 1.165) is 12.1 Å². The van der Waals surface area contributed by atoms with Gasteiger partial charge in [0.25, 0.3) is 0 Å². The molecule has 0 aliphatic carbocycles. The molecular weight excluding hydrogens is 304 g/mol. The van der Waals surface area contributed by atoms with Crippen molar-refractivity contribution in [3.8, 4) is 0 Å². The third kappa shape index (κ3) is 6.16. The van der Waals surface area contributed by atoms with Gasteiger partial charge in [0.1, 0.15) is 0 Å². The molecule has 3 N–H and O–H groups in total. The summed E-state index contributed by atoms with van der Waals surface area (Å²) in [6, 6.07) is 11.1. The topological polar surface area (TPSA) is 75.2 Å².